The maximum Gasteiger partial charge on any atom is 0.235 e. The molecule has 1 aromatic heterocycles. The van der Waals surface area contributed by atoms with E-state index in [4.69, 9.17) is 15.4 Å². The second-order valence-corrected chi connectivity index (χ2v) is 5.57. The van der Waals surface area contributed by atoms with Crippen molar-refractivity contribution in [1.82, 2.24) is 4.98 Å². The van der Waals surface area contributed by atoms with Gasteiger partial charge in [-0.15, -0.1) is 0 Å². The molecular formula is C8H10ClNO3S. The maximum absolute atomic E-state index is 10.6. The van der Waals surface area contributed by atoms with Crippen LogP contribution in [-0.4, -0.2) is 25.8 Å². The lowest BCUT2D eigenvalue weighted by Gasteiger charge is -2.06. The van der Waals surface area contributed by atoms with Crippen LogP contribution >= 0.6 is 10.7 Å². The van der Waals surface area contributed by atoms with Gasteiger partial charge in [-0.3, -0.25) is 4.98 Å². The van der Waals surface area contributed by atoms with E-state index in [2.05, 4.69) is 4.98 Å². The third-order valence-corrected chi connectivity index (χ3v) is 2.66. The summed E-state index contributed by atoms with van der Waals surface area (Å²) < 4.78 is 26.3. The summed E-state index contributed by atoms with van der Waals surface area (Å²) in [5.74, 6) is 0.371. The van der Waals surface area contributed by atoms with Crippen LogP contribution in [0.2, 0.25) is 0 Å². The summed E-state index contributed by atoms with van der Waals surface area (Å²) in [6.07, 6.45) is 1.64. The number of ether oxygens (including phenoxy) is 1. The lowest BCUT2D eigenvalue weighted by atomic mass is 10.3. The molecule has 0 radical (unpaired) electrons. The van der Waals surface area contributed by atoms with Gasteiger partial charge in [0.15, 0.2) is 0 Å². The predicted octanol–water partition coefficient (Wildman–Crippen LogP) is 1.34. The number of hydrogen-bond acceptors (Lipinski definition) is 4. The van der Waals surface area contributed by atoms with Gasteiger partial charge in [0.05, 0.1) is 11.4 Å². The molecular weight excluding hydrogens is 226 g/mol. The molecule has 14 heavy (non-hydrogen) atoms. The number of aryl methyl sites for hydroxylation is 1. The fourth-order valence-corrected chi connectivity index (χ4v) is 1.34. The van der Waals surface area contributed by atoms with E-state index in [1.165, 1.54) is 0 Å². The number of rotatable bonds is 4. The first kappa shape index (κ1) is 11.3. The summed E-state index contributed by atoms with van der Waals surface area (Å²) in [5.41, 5.74) is 0.722. The molecule has 6 heteroatoms. The van der Waals surface area contributed by atoms with E-state index in [-0.39, 0.29) is 12.4 Å². The molecule has 1 heterocycles. The Morgan fingerprint density at radius 2 is 2.29 bits per heavy atom. The molecule has 0 aromatic carbocycles. The van der Waals surface area contributed by atoms with Crippen LogP contribution in [0.5, 0.6) is 5.75 Å². The molecule has 0 atom stereocenters. The lowest BCUT2D eigenvalue weighted by Crippen LogP contribution is -2.09. The van der Waals surface area contributed by atoms with Gasteiger partial charge in [-0.2, -0.15) is 0 Å². The first-order valence-corrected chi connectivity index (χ1v) is 6.43. The molecule has 0 aliphatic heterocycles. The van der Waals surface area contributed by atoms with Gasteiger partial charge < -0.3 is 4.74 Å². The molecule has 0 bridgehead atoms. The molecule has 0 spiro atoms. The van der Waals surface area contributed by atoms with Crippen LogP contribution < -0.4 is 4.74 Å². The highest BCUT2D eigenvalue weighted by molar-refractivity contribution is 8.13. The van der Waals surface area contributed by atoms with Gasteiger partial charge in [0.1, 0.15) is 12.4 Å². The van der Waals surface area contributed by atoms with Crippen molar-refractivity contribution in [3.05, 3.63) is 24.0 Å². The van der Waals surface area contributed by atoms with Gasteiger partial charge in [-0.1, -0.05) is 0 Å². The lowest BCUT2D eigenvalue weighted by molar-refractivity contribution is 0.337. The maximum atomic E-state index is 10.6. The Labute approximate surface area is 87.3 Å². The normalized spacial score (nSPS) is 11.3. The Morgan fingerprint density at radius 1 is 1.57 bits per heavy atom. The van der Waals surface area contributed by atoms with Crippen molar-refractivity contribution in [3.63, 3.8) is 0 Å². The van der Waals surface area contributed by atoms with E-state index in [0.29, 0.717) is 5.75 Å². The second kappa shape index (κ2) is 4.61. The quantitative estimate of drug-likeness (QED) is 0.739. The SMILES string of the molecule is Cc1ncccc1OCCS(=O)(=O)Cl. The Morgan fingerprint density at radius 3 is 2.86 bits per heavy atom. The van der Waals surface area contributed by atoms with E-state index in [1.54, 1.807) is 25.3 Å². The van der Waals surface area contributed by atoms with E-state index in [1.807, 2.05) is 0 Å². The highest BCUT2D eigenvalue weighted by atomic mass is 35.7. The summed E-state index contributed by atoms with van der Waals surface area (Å²) in [6, 6.07) is 3.45. The Balaban J connectivity index is 2.51. The number of pyridine rings is 1. The number of hydrogen-bond donors (Lipinski definition) is 0. The number of nitrogens with zero attached hydrogens (tertiary/aromatic N) is 1. The van der Waals surface area contributed by atoms with Crippen LogP contribution in [0.3, 0.4) is 0 Å². The average Bonchev–Trinajstić information content (AvgIpc) is 2.06. The zero-order chi connectivity index (χ0) is 10.6. The minimum absolute atomic E-state index is 0.0400. The summed E-state index contributed by atoms with van der Waals surface area (Å²) in [6.45, 7) is 1.82. The summed E-state index contributed by atoms with van der Waals surface area (Å²) >= 11 is 0. The van der Waals surface area contributed by atoms with E-state index in [9.17, 15) is 8.42 Å². The smallest absolute Gasteiger partial charge is 0.235 e. The highest BCUT2D eigenvalue weighted by Crippen LogP contribution is 2.13. The Hall–Kier alpha value is -0.810. The van der Waals surface area contributed by atoms with Gasteiger partial charge in [-0.05, 0) is 19.1 Å². The van der Waals surface area contributed by atoms with Crippen molar-refractivity contribution >= 4 is 19.7 Å². The van der Waals surface area contributed by atoms with Crippen molar-refractivity contribution in [2.45, 2.75) is 6.92 Å². The molecule has 1 aromatic rings. The summed E-state index contributed by atoms with van der Waals surface area (Å²) in [5, 5.41) is 0. The third-order valence-electron chi connectivity index (χ3n) is 1.54. The van der Waals surface area contributed by atoms with Gasteiger partial charge >= 0.3 is 0 Å². The van der Waals surface area contributed by atoms with E-state index < -0.39 is 9.05 Å². The van der Waals surface area contributed by atoms with Gasteiger partial charge in [0.25, 0.3) is 0 Å². The predicted molar refractivity (Wildman–Crippen MR) is 54.1 cm³/mol. The highest BCUT2D eigenvalue weighted by Gasteiger charge is 2.06. The molecule has 0 aliphatic carbocycles. The molecule has 4 nitrogen and oxygen atoms in total. The standard InChI is InChI=1S/C8H10ClNO3S/c1-7-8(3-2-4-10-7)13-5-6-14(9,11)12/h2-4H,5-6H2,1H3. The van der Waals surface area contributed by atoms with Gasteiger partial charge in [0, 0.05) is 16.9 Å². The summed E-state index contributed by atoms with van der Waals surface area (Å²) in [7, 11) is 1.54. The largest absolute Gasteiger partial charge is 0.491 e. The third kappa shape index (κ3) is 3.93. The van der Waals surface area contributed by atoms with Crippen molar-refractivity contribution in [2.75, 3.05) is 12.4 Å². The van der Waals surface area contributed by atoms with Crippen LogP contribution in [0.15, 0.2) is 18.3 Å². The van der Waals surface area contributed by atoms with Crippen LogP contribution in [-0.2, 0) is 9.05 Å². The van der Waals surface area contributed by atoms with Crippen LogP contribution in [0.25, 0.3) is 0 Å². The van der Waals surface area contributed by atoms with Crippen LogP contribution in [0.4, 0.5) is 0 Å². The topological polar surface area (TPSA) is 56.3 Å². The molecule has 0 saturated heterocycles. The van der Waals surface area contributed by atoms with Crippen molar-refractivity contribution in [1.29, 1.82) is 0 Å². The molecule has 0 saturated carbocycles. The average molecular weight is 236 g/mol. The Bertz CT molecular complexity index is 405. The van der Waals surface area contributed by atoms with Gasteiger partial charge in [0.2, 0.25) is 9.05 Å². The van der Waals surface area contributed by atoms with Crippen molar-refractivity contribution < 1.29 is 13.2 Å². The molecule has 0 N–H and O–H groups in total. The van der Waals surface area contributed by atoms with Gasteiger partial charge in [-0.25, -0.2) is 8.42 Å². The summed E-state index contributed by atoms with van der Waals surface area (Å²) in [4.78, 5) is 3.99. The molecule has 0 unspecified atom stereocenters. The monoisotopic (exact) mass is 235 g/mol. The van der Waals surface area contributed by atoms with Crippen molar-refractivity contribution in [2.24, 2.45) is 0 Å². The molecule has 78 valence electrons. The minimum atomic E-state index is -3.48. The zero-order valence-electron chi connectivity index (χ0n) is 7.60. The Kier molecular flexibility index (Phi) is 3.71. The molecule has 0 amide bonds. The fraction of sp³-hybridized carbons (Fsp3) is 0.375. The number of halogens is 1. The first-order chi connectivity index (χ1) is 6.49. The first-order valence-electron chi connectivity index (χ1n) is 3.96. The molecule has 0 aliphatic rings. The van der Waals surface area contributed by atoms with Crippen molar-refractivity contribution in [3.8, 4) is 5.75 Å². The second-order valence-electron chi connectivity index (χ2n) is 2.68. The minimum Gasteiger partial charge on any atom is -0.491 e. The van der Waals surface area contributed by atoms with E-state index in [0.717, 1.165) is 5.69 Å². The van der Waals surface area contributed by atoms with Crippen LogP contribution in [0, 0.1) is 6.92 Å². The molecule has 0 fully saturated rings. The zero-order valence-corrected chi connectivity index (χ0v) is 9.18. The molecule has 1 rings (SSSR count). The number of aromatic nitrogens is 1. The van der Waals surface area contributed by atoms with E-state index >= 15 is 0 Å². The fourth-order valence-electron chi connectivity index (χ4n) is 0.873. The van der Waals surface area contributed by atoms with Crippen LogP contribution in [0.1, 0.15) is 5.69 Å².